The lowest BCUT2D eigenvalue weighted by atomic mass is 9.40. The molecular formula is C9H13F2I. The van der Waals surface area contributed by atoms with E-state index in [9.17, 15) is 8.78 Å². The van der Waals surface area contributed by atoms with Crippen molar-refractivity contribution in [2.75, 3.05) is 0 Å². The molecule has 0 heterocycles. The third-order valence-electron chi connectivity index (χ3n) is 3.47. The Morgan fingerprint density at radius 2 is 1.92 bits per heavy atom. The predicted octanol–water partition coefficient (Wildman–Crippen LogP) is 3.78. The molecule has 3 saturated carbocycles. The molecule has 0 radical (unpaired) electrons. The first-order valence-corrected chi connectivity index (χ1v) is 5.62. The van der Waals surface area contributed by atoms with E-state index in [2.05, 4.69) is 6.92 Å². The van der Waals surface area contributed by atoms with Gasteiger partial charge in [0, 0.05) is 5.41 Å². The van der Waals surface area contributed by atoms with Crippen LogP contribution < -0.4 is 0 Å². The average Bonchev–Trinajstić information content (AvgIpc) is 1.97. The molecule has 0 nitrogen and oxygen atoms in total. The zero-order chi connectivity index (χ0) is 9.04. The molecule has 0 aliphatic heterocycles. The molecule has 3 fully saturated rings. The fourth-order valence-electron chi connectivity index (χ4n) is 2.58. The quantitative estimate of drug-likeness (QED) is 0.547. The number of halogens is 3. The Morgan fingerprint density at radius 1 is 1.33 bits per heavy atom. The Kier molecular flexibility index (Phi) is 1.78. The van der Waals surface area contributed by atoms with E-state index < -0.39 is 14.8 Å². The summed E-state index contributed by atoms with van der Waals surface area (Å²) in [5.41, 5.74) is -0.565. The maximum Gasteiger partial charge on any atom is 0.268 e. The van der Waals surface area contributed by atoms with Gasteiger partial charge in [-0.3, -0.25) is 0 Å². The van der Waals surface area contributed by atoms with Crippen LogP contribution in [0.15, 0.2) is 0 Å². The highest BCUT2D eigenvalue weighted by molar-refractivity contribution is 14.1. The van der Waals surface area contributed by atoms with Crippen LogP contribution in [0.1, 0.15) is 39.0 Å². The summed E-state index contributed by atoms with van der Waals surface area (Å²) in [5.74, 6) is -2.35. The van der Waals surface area contributed by atoms with Crippen molar-refractivity contribution in [3.05, 3.63) is 0 Å². The van der Waals surface area contributed by atoms with Gasteiger partial charge in [-0.15, -0.1) is 0 Å². The lowest BCUT2D eigenvalue weighted by Crippen LogP contribution is -2.80. The minimum Gasteiger partial charge on any atom is -0.205 e. The van der Waals surface area contributed by atoms with Crippen LogP contribution in [0.2, 0.25) is 0 Å². The zero-order valence-electron chi connectivity index (χ0n) is 7.17. The van der Waals surface area contributed by atoms with Gasteiger partial charge in [-0.1, -0.05) is 42.4 Å². The maximum atomic E-state index is 13.3. The molecule has 0 aromatic carbocycles. The van der Waals surface area contributed by atoms with Crippen molar-refractivity contribution in [3.8, 4) is 0 Å². The summed E-state index contributed by atoms with van der Waals surface area (Å²) in [7, 11) is 0. The van der Waals surface area contributed by atoms with Gasteiger partial charge in [0.25, 0.3) is 5.92 Å². The maximum absolute atomic E-state index is 13.3. The molecule has 2 bridgehead atoms. The Labute approximate surface area is 85.2 Å². The van der Waals surface area contributed by atoms with Gasteiger partial charge in [-0.05, 0) is 19.3 Å². The van der Waals surface area contributed by atoms with Gasteiger partial charge in [0.15, 0.2) is 0 Å². The van der Waals surface area contributed by atoms with Gasteiger partial charge in [-0.2, -0.15) is 0 Å². The molecule has 3 rings (SSSR count). The molecule has 12 heavy (non-hydrogen) atoms. The van der Waals surface area contributed by atoms with Crippen LogP contribution in [0.3, 0.4) is 0 Å². The molecule has 70 valence electrons. The first kappa shape index (κ1) is 9.16. The number of hydrogen-bond donors (Lipinski definition) is 0. The molecule has 3 aliphatic rings. The molecule has 0 atom stereocenters. The monoisotopic (exact) mass is 286 g/mol. The van der Waals surface area contributed by atoms with Crippen molar-refractivity contribution < 1.29 is 8.78 Å². The van der Waals surface area contributed by atoms with Crippen LogP contribution in [0.25, 0.3) is 0 Å². The van der Waals surface area contributed by atoms with Gasteiger partial charge in [-0.25, -0.2) is 8.78 Å². The van der Waals surface area contributed by atoms with Crippen molar-refractivity contribution >= 4 is 22.6 Å². The molecule has 0 aromatic heterocycles. The van der Waals surface area contributed by atoms with E-state index in [-0.39, 0.29) is 0 Å². The van der Waals surface area contributed by atoms with Crippen molar-refractivity contribution in [3.63, 3.8) is 0 Å². The number of unbranched alkanes of at least 4 members (excludes halogenated alkanes) is 1. The summed E-state index contributed by atoms with van der Waals surface area (Å²) in [5, 5.41) is 0. The molecule has 0 N–H and O–H groups in total. The first-order valence-electron chi connectivity index (χ1n) is 4.54. The average molecular weight is 286 g/mol. The van der Waals surface area contributed by atoms with Crippen LogP contribution in [0, 0.1) is 5.41 Å². The number of alkyl halides is 3. The van der Waals surface area contributed by atoms with Crippen molar-refractivity contribution in [2.45, 2.75) is 48.4 Å². The van der Waals surface area contributed by atoms with Crippen molar-refractivity contribution in [1.29, 1.82) is 0 Å². The fourth-order valence-corrected chi connectivity index (χ4v) is 4.61. The molecule has 0 saturated heterocycles. The van der Waals surface area contributed by atoms with Crippen LogP contribution in [0.4, 0.5) is 8.78 Å². The predicted molar refractivity (Wildman–Crippen MR) is 52.9 cm³/mol. The van der Waals surface area contributed by atoms with E-state index in [0.717, 1.165) is 32.1 Å². The van der Waals surface area contributed by atoms with Crippen molar-refractivity contribution in [2.24, 2.45) is 5.41 Å². The topological polar surface area (TPSA) is 0 Å². The standard InChI is InChI=1S/C9H13F2I/c1-2-3-4-7-5-8(12,6-7)9(7,10)11/h2-6H2,1H3. The summed E-state index contributed by atoms with van der Waals surface area (Å²) in [4.78, 5) is 0. The molecule has 0 spiro atoms. The Hall–Kier alpha value is 0.590. The second-order valence-corrected chi connectivity index (χ2v) is 6.34. The summed E-state index contributed by atoms with van der Waals surface area (Å²) < 4.78 is 26.0. The second kappa shape index (κ2) is 2.34. The Bertz CT molecular complexity index is 207. The largest absolute Gasteiger partial charge is 0.268 e. The molecule has 3 heteroatoms. The number of rotatable bonds is 3. The fraction of sp³-hybridized carbons (Fsp3) is 1.00. The van der Waals surface area contributed by atoms with E-state index in [0.29, 0.717) is 0 Å². The van der Waals surface area contributed by atoms with Gasteiger partial charge in [0.05, 0.1) is 3.42 Å². The van der Waals surface area contributed by atoms with Gasteiger partial charge in [0.2, 0.25) is 0 Å². The zero-order valence-corrected chi connectivity index (χ0v) is 9.33. The van der Waals surface area contributed by atoms with Gasteiger partial charge in [0.1, 0.15) is 0 Å². The smallest absolute Gasteiger partial charge is 0.205 e. The summed E-state index contributed by atoms with van der Waals surface area (Å²) in [6, 6.07) is 0. The number of hydrogen-bond acceptors (Lipinski definition) is 0. The van der Waals surface area contributed by atoms with E-state index >= 15 is 0 Å². The molecular weight excluding hydrogens is 273 g/mol. The van der Waals surface area contributed by atoms with Crippen LogP contribution in [0.5, 0.6) is 0 Å². The second-order valence-electron chi connectivity index (χ2n) is 4.28. The lowest BCUT2D eigenvalue weighted by molar-refractivity contribution is -0.321. The molecule has 0 amide bonds. The SMILES string of the molecule is CCCCC12CC(I)(C1)C2(F)F. The van der Waals surface area contributed by atoms with E-state index in [1.807, 2.05) is 22.6 Å². The highest BCUT2D eigenvalue weighted by atomic mass is 127. The minimum absolute atomic E-state index is 0.565. The molecule has 3 aliphatic carbocycles. The first-order chi connectivity index (χ1) is 5.47. The molecule has 0 aromatic rings. The third kappa shape index (κ3) is 0.769. The summed E-state index contributed by atoms with van der Waals surface area (Å²) >= 11 is 1.95. The van der Waals surface area contributed by atoms with Crippen LogP contribution >= 0.6 is 22.6 Å². The van der Waals surface area contributed by atoms with Gasteiger partial charge >= 0.3 is 0 Å². The molecule has 0 unspecified atom stereocenters. The lowest BCUT2D eigenvalue weighted by Gasteiger charge is -2.73. The summed E-state index contributed by atoms with van der Waals surface area (Å²) in [6.07, 6.45) is 4.25. The van der Waals surface area contributed by atoms with E-state index in [1.54, 1.807) is 0 Å². The summed E-state index contributed by atoms with van der Waals surface area (Å²) in [6.45, 7) is 2.06. The van der Waals surface area contributed by atoms with Crippen molar-refractivity contribution in [1.82, 2.24) is 0 Å². The third-order valence-corrected chi connectivity index (χ3v) is 4.92. The normalized spacial score (nSPS) is 48.0. The highest BCUT2D eigenvalue weighted by Crippen LogP contribution is 2.81. The van der Waals surface area contributed by atoms with E-state index in [1.165, 1.54) is 0 Å². The van der Waals surface area contributed by atoms with E-state index in [4.69, 9.17) is 0 Å². The highest BCUT2D eigenvalue weighted by Gasteiger charge is 2.86. The van der Waals surface area contributed by atoms with Gasteiger partial charge < -0.3 is 0 Å². The van der Waals surface area contributed by atoms with Crippen LogP contribution in [-0.4, -0.2) is 9.34 Å². The minimum atomic E-state index is -2.35. The Morgan fingerprint density at radius 3 is 2.25 bits per heavy atom. The van der Waals surface area contributed by atoms with Crippen LogP contribution in [-0.2, 0) is 0 Å². The Balaban J connectivity index is 2.00.